The fourth-order valence-electron chi connectivity index (χ4n) is 1.36. The number of nitrogens with zero attached hydrogens (tertiary/aromatic N) is 1. The van der Waals surface area contributed by atoms with E-state index in [-0.39, 0.29) is 5.84 Å². The molecule has 0 heterocycles. The highest BCUT2D eigenvalue weighted by Gasteiger charge is 2.16. The highest BCUT2D eigenvalue weighted by molar-refractivity contribution is 6.02. The van der Waals surface area contributed by atoms with Crippen molar-refractivity contribution in [1.29, 1.82) is 0 Å². The zero-order valence-electron chi connectivity index (χ0n) is 11.9. The molecule has 0 aliphatic heterocycles. The number of rotatable bonds is 3. The smallest absolute Gasteiger partial charge is 0.436 e. The number of benzene rings is 1. The van der Waals surface area contributed by atoms with E-state index in [1.165, 1.54) is 0 Å². The molecule has 0 bridgehead atoms. The van der Waals surface area contributed by atoms with Crippen LogP contribution in [0.2, 0.25) is 0 Å². The van der Waals surface area contributed by atoms with Gasteiger partial charge in [-0.05, 0) is 45.0 Å². The summed E-state index contributed by atoms with van der Waals surface area (Å²) in [6.45, 7) is 5.74. The third-order valence-electron chi connectivity index (χ3n) is 2.18. The van der Waals surface area contributed by atoms with Gasteiger partial charge >= 0.3 is 6.09 Å². The van der Waals surface area contributed by atoms with E-state index in [2.05, 4.69) is 16.2 Å². The normalized spacial score (nSPS) is 11.6. The molecule has 5 nitrogen and oxygen atoms in total. The molecule has 5 heteroatoms. The Morgan fingerprint density at radius 1 is 1.40 bits per heavy atom. The van der Waals surface area contributed by atoms with Crippen LogP contribution >= 0.6 is 0 Å². The van der Waals surface area contributed by atoms with Crippen LogP contribution in [-0.2, 0) is 4.74 Å². The van der Waals surface area contributed by atoms with Crippen LogP contribution in [0.5, 0.6) is 0 Å². The molecular formula is C15H19N3O2. The summed E-state index contributed by atoms with van der Waals surface area (Å²) in [5.74, 6) is 2.59. The number of terminal acetylenes is 1. The van der Waals surface area contributed by atoms with E-state index < -0.39 is 11.7 Å². The quantitative estimate of drug-likeness (QED) is 0.503. The zero-order chi connectivity index (χ0) is 15.2. The van der Waals surface area contributed by atoms with Gasteiger partial charge in [0, 0.05) is 11.3 Å². The summed E-state index contributed by atoms with van der Waals surface area (Å²) in [7, 11) is 0. The number of carbonyl (C=O) groups excluding carboxylic acids is 1. The molecule has 3 N–H and O–H groups in total. The molecule has 1 amide bonds. The lowest BCUT2D eigenvalue weighted by Crippen LogP contribution is -2.24. The summed E-state index contributed by atoms with van der Waals surface area (Å²) in [5.41, 5.74) is 6.68. The van der Waals surface area contributed by atoms with Crippen molar-refractivity contribution in [2.75, 3.05) is 11.9 Å². The lowest BCUT2D eigenvalue weighted by molar-refractivity contribution is 0.0604. The molecule has 1 aromatic carbocycles. The van der Waals surface area contributed by atoms with Crippen molar-refractivity contribution in [3.63, 3.8) is 0 Å². The van der Waals surface area contributed by atoms with Crippen molar-refractivity contribution in [3.05, 3.63) is 29.8 Å². The predicted octanol–water partition coefficient (Wildman–Crippen LogP) is 2.37. The van der Waals surface area contributed by atoms with E-state index in [4.69, 9.17) is 16.9 Å². The standard InChI is InChI=1S/C15H19N3O2/c1-5-10-17-12-8-6-11(7-9-12)13(16)18-14(19)20-15(2,3)4/h1,6-9,17H,10H2,2-4H3,(H2,16,18,19). The highest BCUT2D eigenvalue weighted by Crippen LogP contribution is 2.11. The number of ether oxygens (including phenoxy) is 1. The minimum Gasteiger partial charge on any atom is -0.442 e. The second kappa shape index (κ2) is 6.62. The van der Waals surface area contributed by atoms with Crippen molar-refractivity contribution < 1.29 is 9.53 Å². The first kappa shape index (κ1) is 15.6. The molecule has 0 radical (unpaired) electrons. The summed E-state index contributed by atoms with van der Waals surface area (Å²) in [5, 5.41) is 3.02. The monoisotopic (exact) mass is 273 g/mol. The van der Waals surface area contributed by atoms with Gasteiger partial charge in [0.15, 0.2) is 0 Å². The van der Waals surface area contributed by atoms with E-state index in [0.29, 0.717) is 12.1 Å². The third kappa shape index (κ3) is 5.44. The van der Waals surface area contributed by atoms with E-state index in [1.54, 1.807) is 32.9 Å². The Labute approximate surface area is 119 Å². The van der Waals surface area contributed by atoms with Crippen molar-refractivity contribution in [1.82, 2.24) is 0 Å². The molecule has 0 unspecified atom stereocenters. The fraction of sp³-hybridized carbons (Fsp3) is 0.333. The molecule has 0 aliphatic carbocycles. The van der Waals surface area contributed by atoms with Gasteiger partial charge in [0.05, 0.1) is 6.54 Å². The van der Waals surface area contributed by atoms with Gasteiger partial charge in [0.25, 0.3) is 0 Å². The molecule has 20 heavy (non-hydrogen) atoms. The number of carbonyl (C=O) groups is 1. The van der Waals surface area contributed by atoms with Crippen LogP contribution in [0.1, 0.15) is 26.3 Å². The lowest BCUT2D eigenvalue weighted by Gasteiger charge is -2.17. The third-order valence-corrected chi connectivity index (χ3v) is 2.18. The number of aliphatic imine (C=N–C) groups is 1. The second-order valence-electron chi connectivity index (χ2n) is 5.11. The molecule has 0 saturated carbocycles. The summed E-state index contributed by atoms with van der Waals surface area (Å²) < 4.78 is 5.07. The van der Waals surface area contributed by atoms with Crippen molar-refractivity contribution in [2.24, 2.45) is 10.7 Å². The number of hydrogen-bond donors (Lipinski definition) is 2. The van der Waals surface area contributed by atoms with Gasteiger partial charge in [-0.15, -0.1) is 6.42 Å². The molecular weight excluding hydrogens is 254 g/mol. The summed E-state index contributed by atoms with van der Waals surface area (Å²) in [6.07, 6.45) is 4.45. The van der Waals surface area contributed by atoms with Crippen LogP contribution < -0.4 is 11.1 Å². The average Bonchev–Trinajstić information content (AvgIpc) is 2.34. The first-order chi connectivity index (χ1) is 9.31. The average molecular weight is 273 g/mol. The van der Waals surface area contributed by atoms with Crippen LogP contribution in [0, 0.1) is 12.3 Å². The maximum absolute atomic E-state index is 11.5. The maximum atomic E-state index is 11.5. The Bertz CT molecular complexity index is 534. The number of amides is 1. The first-order valence-corrected chi connectivity index (χ1v) is 6.17. The van der Waals surface area contributed by atoms with Gasteiger partial charge in [0.2, 0.25) is 0 Å². The van der Waals surface area contributed by atoms with Gasteiger partial charge in [-0.2, -0.15) is 4.99 Å². The number of amidine groups is 1. The molecule has 0 spiro atoms. The highest BCUT2D eigenvalue weighted by atomic mass is 16.6. The van der Waals surface area contributed by atoms with Crippen molar-refractivity contribution >= 4 is 17.6 Å². The van der Waals surface area contributed by atoms with Gasteiger partial charge in [0.1, 0.15) is 11.4 Å². The number of nitrogens with one attached hydrogen (secondary N) is 1. The van der Waals surface area contributed by atoms with Gasteiger partial charge < -0.3 is 15.8 Å². The fourth-order valence-corrected chi connectivity index (χ4v) is 1.36. The molecule has 1 rings (SSSR count). The molecule has 0 atom stereocenters. The van der Waals surface area contributed by atoms with Crippen molar-refractivity contribution in [3.8, 4) is 12.3 Å². The number of hydrogen-bond acceptors (Lipinski definition) is 3. The zero-order valence-corrected chi connectivity index (χ0v) is 11.9. The van der Waals surface area contributed by atoms with Crippen LogP contribution in [0.15, 0.2) is 29.3 Å². The topological polar surface area (TPSA) is 76.7 Å². The molecule has 1 aromatic rings. The predicted molar refractivity (Wildman–Crippen MR) is 80.7 cm³/mol. The van der Waals surface area contributed by atoms with Gasteiger partial charge in [-0.1, -0.05) is 5.92 Å². The first-order valence-electron chi connectivity index (χ1n) is 6.17. The number of anilines is 1. The van der Waals surface area contributed by atoms with Crippen LogP contribution in [-0.4, -0.2) is 24.1 Å². The minimum absolute atomic E-state index is 0.114. The van der Waals surface area contributed by atoms with Gasteiger partial charge in [-0.25, -0.2) is 4.79 Å². The maximum Gasteiger partial charge on any atom is 0.436 e. The Morgan fingerprint density at radius 2 is 2.00 bits per heavy atom. The summed E-state index contributed by atoms with van der Waals surface area (Å²) >= 11 is 0. The lowest BCUT2D eigenvalue weighted by atomic mass is 10.2. The molecule has 0 aromatic heterocycles. The largest absolute Gasteiger partial charge is 0.442 e. The SMILES string of the molecule is C#CCNc1ccc(/C(N)=N/C(=O)OC(C)(C)C)cc1. The second-order valence-corrected chi connectivity index (χ2v) is 5.11. The summed E-state index contributed by atoms with van der Waals surface area (Å²) in [6, 6.07) is 7.12. The summed E-state index contributed by atoms with van der Waals surface area (Å²) in [4.78, 5) is 15.2. The Hall–Kier alpha value is -2.48. The van der Waals surface area contributed by atoms with E-state index in [9.17, 15) is 4.79 Å². The van der Waals surface area contributed by atoms with E-state index in [0.717, 1.165) is 5.69 Å². The molecule has 106 valence electrons. The van der Waals surface area contributed by atoms with Crippen LogP contribution in [0.4, 0.5) is 10.5 Å². The molecule has 0 aliphatic rings. The molecule has 0 saturated heterocycles. The Kier molecular flexibility index (Phi) is 5.15. The van der Waals surface area contributed by atoms with Crippen LogP contribution in [0.25, 0.3) is 0 Å². The van der Waals surface area contributed by atoms with E-state index in [1.807, 2.05) is 12.1 Å². The van der Waals surface area contributed by atoms with Gasteiger partial charge in [-0.3, -0.25) is 0 Å². The molecule has 0 fully saturated rings. The van der Waals surface area contributed by atoms with E-state index >= 15 is 0 Å². The van der Waals surface area contributed by atoms with Crippen molar-refractivity contribution in [2.45, 2.75) is 26.4 Å². The Balaban J connectivity index is 2.74. The minimum atomic E-state index is -0.704. The van der Waals surface area contributed by atoms with Crippen LogP contribution in [0.3, 0.4) is 0 Å². The number of nitrogens with two attached hydrogens (primary N) is 1. The Morgan fingerprint density at radius 3 is 2.50 bits per heavy atom.